The van der Waals surface area contributed by atoms with Crippen molar-refractivity contribution in [2.75, 3.05) is 5.75 Å². The van der Waals surface area contributed by atoms with Crippen molar-refractivity contribution >= 4 is 17.7 Å². The van der Waals surface area contributed by atoms with Crippen molar-refractivity contribution in [3.8, 4) is 11.5 Å². The lowest BCUT2D eigenvalue weighted by atomic mass is 9.78. The molecule has 1 amide bonds. The van der Waals surface area contributed by atoms with Gasteiger partial charge in [-0.2, -0.15) is 0 Å². The molecule has 1 aliphatic carbocycles. The van der Waals surface area contributed by atoms with Gasteiger partial charge in [0.25, 0.3) is 5.22 Å². The van der Waals surface area contributed by atoms with Crippen molar-refractivity contribution in [2.24, 2.45) is 11.8 Å². The molecular weight excluding hydrogens is 334 g/mol. The van der Waals surface area contributed by atoms with E-state index in [0.29, 0.717) is 28.7 Å². The maximum absolute atomic E-state index is 12.2. The molecule has 0 bridgehead atoms. The lowest BCUT2D eigenvalue weighted by Crippen LogP contribution is -2.44. The fourth-order valence-electron chi connectivity index (χ4n) is 3.32. The van der Waals surface area contributed by atoms with Crippen LogP contribution in [0.5, 0.6) is 0 Å². The second-order valence-corrected chi connectivity index (χ2v) is 7.90. The number of amides is 1. The SMILES string of the molecule is Cc1cccc(-c2nnc(SCC(=O)N[C@@H]3CCC[C@@H](C)[C@@H]3C)o2)c1. The molecule has 1 heterocycles. The van der Waals surface area contributed by atoms with Gasteiger partial charge in [-0.25, -0.2) is 0 Å². The molecule has 0 unspecified atom stereocenters. The molecule has 3 rings (SSSR count). The van der Waals surface area contributed by atoms with E-state index in [-0.39, 0.29) is 11.9 Å². The first-order valence-corrected chi connectivity index (χ1v) is 9.84. The van der Waals surface area contributed by atoms with Crippen LogP contribution in [0, 0.1) is 18.8 Å². The third-order valence-corrected chi connectivity index (χ3v) is 5.87. The Labute approximate surface area is 153 Å². The predicted octanol–water partition coefficient (Wildman–Crippen LogP) is 4.08. The molecule has 1 N–H and O–H groups in total. The summed E-state index contributed by atoms with van der Waals surface area (Å²) in [4.78, 5) is 12.2. The van der Waals surface area contributed by atoms with E-state index in [9.17, 15) is 4.79 Å². The van der Waals surface area contributed by atoms with E-state index in [1.54, 1.807) is 0 Å². The Balaban J connectivity index is 1.53. The standard InChI is InChI=1S/C19H25N3O2S/c1-12-6-4-8-15(10-12)18-21-22-19(24-18)25-11-17(23)20-16-9-5-7-13(2)14(16)3/h4,6,8,10,13-14,16H,5,7,9,11H2,1-3H3,(H,20,23)/t13-,14+,16-/m1/s1. The first-order chi connectivity index (χ1) is 12.0. The summed E-state index contributed by atoms with van der Waals surface area (Å²) in [5.74, 6) is 2.01. The number of benzene rings is 1. The van der Waals surface area contributed by atoms with Crippen LogP contribution in [0.1, 0.15) is 38.7 Å². The topological polar surface area (TPSA) is 68.0 Å². The molecule has 1 fully saturated rings. The monoisotopic (exact) mass is 359 g/mol. The van der Waals surface area contributed by atoms with Gasteiger partial charge in [0, 0.05) is 11.6 Å². The lowest BCUT2D eigenvalue weighted by Gasteiger charge is -2.34. The summed E-state index contributed by atoms with van der Waals surface area (Å²) in [5.41, 5.74) is 2.04. The van der Waals surface area contributed by atoms with Gasteiger partial charge < -0.3 is 9.73 Å². The maximum atomic E-state index is 12.2. The van der Waals surface area contributed by atoms with Crippen LogP contribution in [-0.2, 0) is 4.79 Å². The number of nitrogens with zero attached hydrogens (tertiary/aromatic N) is 2. The Bertz CT molecular complexity index is 731. The van der Waals surface area contributed by atoms with Crippen molar-refractivity contribution in [3.63, 3.8) is 0 Å². The molecule has 0 aliphatic heterocycles. The molecule has 0 saturated heterocycles. The molecular formula is C19H25N3O2S. The zero-order chi connectivity index (χ0) is 17.8. The molecule has 1 saturated carbocycles. The number of carbonyl (C=O) groups is 1. The highest BCUT2D eigenvalue weighted by Gasteiger charge is 2.28. The van der Waals surface area contributed by atoms with E-state index in [2.05, 4.69) is 29.4 Å². The van der Waals surface area contributed by atoms with Crippen LogP contribution >= 0.6 is 11.8 Å². The second kappa shape index (κ2) is 8.04. The summed E-state index contributed by atoms with van der Waals surface area (Å²) in [6, 6.07) is 8.20. The number of rotatable bonds is 5. The summed E-state index contributed by atoms with van der Waals surface area (Å²) < 4.78 is 5.66. The Kier molecular flexibility index (Phi) is 5.78. The number of hydrogen-bond acceptors (Lipinski definition) is 5. The summed E-state index contributed by atoms with van der Waals surface area (Å²) >= 11 is 1.29. The minimum Gasteiger partial charge on any atom is -0.411 e. The highest BCUT2D eigenvalue weighted by atomic mass is 32.2. The summed E-state index contributed by atoms with van der Waals surface area (Å²) in [6.07, 6.45) is 3.51. The summed E-state index contributed by atoms with van der Waals surface area (Å²) in [6.45, 7) is 6.52. The van der Waals surface area contributed by atoms with Gasteiger partial charge in [-0.15, -0.1) is 10.2 Å². The van der Waals surface area contributed by atoms with E-state index >= 15 is 0 Å². The highest BCUT2D eigenvalue weighted by Crippen LogP contribution is 2.29. The first-order valence-electron chi connectivity index (χ1n) is 8.85. The van der Waals surface area contributed by atoms with Crippen molar-refractivity contribution in [2.45, 2.75) is 51.3 Å². The average Bonchev–Trinajstić information content (AvgIpc) is 3.06. The fraction of sp³-hybridized carbons (Fsp3) is 0.526. The molecule has 1 aliphatic rings. The van der Waals surface area contributed by atoms with Gasteiger partial charge in [0.15, 0.2) is 0 Å². The third kappa shape index (κ3) is 4.63. The Morgan fingerprint density at radius 1 is 1.32 bits per heavy atom. The molecule has 25 heavy (non-hydrogen) atoms. The molecule has 5 nitrogen and oxygen atoms in total. The van der Waals surface area contributed by atoms with Gasteiger partial charge in [0.05, 0.1) is 5.75 Å². The molecule has 134 valence electrons. The van der Waals surface area contributed by atoms with Crippen molar-refractivity contribution < 1.29 is 9.21 Å². The largest absolute Gasteiger partial charge is 0.411 e. The smallest absolute Gasteiger partial charge is 0.277 e. The van der Waals surface area contributed by atoms with Gasteiger partial charge in [-0.1, -0.05) is 56.1 Å². The van der Waals surface area contributed by atoms with Crippen LogP contribution in [0.25, 0.3) is 11.5 Å². The molecule has 1 aromatic heterocycles. The number of hydrogen-bond donors (Lipinski definition) is 1. The average molecular weight is 359 g/mol. The quantitative estimate of drug-likeness (QED) is 0.815. The maximum Gasteiger partial charge on any atom is 0.277 e. The van der Waals surface area contributed by atoms with Crippen LogP contribution in [0.2, 0.25) is 0 Å². The van der Waals surface area contributed by atoms with Crippen LogP contribution < -0.4 is 5.32 Å². The van der Waals surface area contributed by atoms with Crippen LogP contribution in [0.15, 0.2) is 33.9 Å². The Morgan fingerprint density at radius 2 is 2.16 bits per heavy atom. The van der Waals surface area contributed by atoms with Crippen LogP contribution in [0.4, 0.5) is 0 Å². The second-order valence-electron chi connectivity index (χ2n) is 6.97. The third-order valence-electron chi connectivity index (χ3n) is 5.05. The molecule has 3 atom stereocenters. The first kappa shape index (κ1) is 18.0. The molecule has 1 aromatic carbocycles. The molecule has 0 spiro atoms. The van der Waals surface area contributed by atoms with E-state index in [0.717, 1.165) is 17.5 Å². The van der Waals surface area contributed by atoms with E-state index in [4.69, 9.17) is 4.42 Å². The van der Waals surface area contributed by atoms with E-state index < -0.39 is 0 Å². The highest BCUT2D eigenvalue weighted by molar-refractivity contribution is 7.99. The number of aryl methyl sites for hydroxylation is 1. The minimum absolute atomic E-state index is 0.0336. The van der Waals surface area contributed by atoms with Crippen LogP contribution in [0.3, 0.4) is 0 Å². The summed E-state index contributed by atoms with van der Waals surface area (Å²) in [7, 11) is 0. The fourth-order valence-corrected chi connectivity index (χ4v) is 3.90. The Hall–Kier alpha value is -1.82. The van der Waals surface area contributed by atoms with Gasteiger partial charge in [-0.3, -0.25) is 4.79 Å². The number of aromatic nitrogens is 2. The normalized spacial score (nSPS) is 23.4. The molecule has 6 heteroatoms. The Morgan fingerprint density at radius 3 is 2.96 bits per heavy atom. The van der Waals surface area contributed by atoms with Gasteiger partial charge in [-0.05, 0) is 37.3 Å². The summed E-state index contributed by atoms with van der Waals surface area (Å²) in [5, 5.41) is 11.7. The van der Waals surface area contributed by atoms with E-state index in [1.165, 1.54) is 24.6 Å². The zero-order valence-corrected chi connectivity index (χ0v) is 15.8. The minimum atomic E-state index is 0.0336. The predicted molar refractivity (Wildman–Crippen MR) is 99.3 cm³/mol. The van der Waals surface area contributed by atoms with Gasteiger partial charge >= 0.3 is 0 Å². The number of carbonyl (C=O) groups excluding carboxylic acids is 1. The number of nitrogens with one attached hydrogen (secondary N) is 1. The van der Waals surface area contributed by atoms with Gasteiger partial charge in [0.2, 0.25) is 11.8 Å². The molecule has 2 aromatic rings. The molecule has 0 radical (unpaired) electrons. The van der Waals surface area contributed by atoms with E-state index in [1.807, 2.05) is 31.2 Å². The van der Waals surface area contributed by atoms with Crippen LogP contribution in [-0.4, -0.2) is 27.9 Å². The van der Waals surface area contributed by atoms with Crippen molar-refractivity contribution in [3.05, 3.63) is 29.8 Å². The number of thioether (sulfide) groups is 1. The lowest BCUT2D eigenvalue weighted by molar-refractivity contribution is -0.120. The van der Waals surface area contributed by atoms with Gasteiger partial charge in [0.1, 0.15) is 0 Å². The zero-order valence-electron chi connectivity index (χ0n) is 15.0. The van der Waals surface area contributed by atoms with Crippen molar-refractivity contribution in [1.29, 1.82) is 0 Å². The van der Waals surface area contributed by atoms with Crippen molar-refractivity contribution in [1.82, 2.24) is 15.5 Å².